The van der Waals surface area contributed by atoms with E-state index < -0.39 is 20.7 Å². The summed E-state index contributed by atoms with van der Waals surface area (Å²) in [5.41, 5.74) is 0. The van der Waals surface area contributed by atoms with Crippen molar-refractivity contribution >= 4 is 20.7 Å². The lowest BCUT2D eigenvalue weighted by molar-refractivity contribution is -0.147. The molecule has 0 atom stereocenters. The molecule has 0 aromatic rings. The maximum absolute atomic E-state index is 11.1. The lowest BCUT2D eigenvalue weighted by atomic mass is 10.3. The summed E-state index contributed by atoms with van der Waals surface area (Å²) in [6.07, 6.45) is 0.0464. The van der Waals surface area contributed by atoms with Crippen LogP contribution in [0.4, 0.5) is 0 Å². The molecule has 19 heavy (non-hydrogen) atoms. The van der Waals surface area contributed by atoms with Gasteiger partial charge in [-0.25, -0.2) is 0 Å². The number of aliphatic carboxylic acids is 1. The smallest absolute Gasteiger partial charge is 0.481 e. The topological polar surface area (TPSA) is 103 Å². The van der Waals surface area contributed by atoms with Crippen molar-refractivity contribution < 1.29 is 32.7 Å². The Morgan fingerprint density at radius 2 is 1.68 bits per heavy atom. The summed E-state index contributed by atoms with van der Waals surface area (Å²) in [6, 6.07) is 0. The van der Waals surface area contributed by atoms with Gasteiger partial charge in [0.25, 0.3) is 0 Å². The van der Waals surface area contributed by atoms with Gasteiger partial charge in [-0.3, -0.25) is 9.59 Å². The number of carbonyl (C=O) groups is 2. The van der Waals surface area contributed by atoms with Crippen LogP contribution in [0.2, 0.25) is 0 Å². The van der Waals surface area contributed by atoms with E-state index in [0.29, 0.717) is 12.7 Å². The van der Waals surface area contributed by atoms with Gasteiger partial charge in [0.05, 0.1) is 19.0 Å². The van der Waals surface area contributed by atoms with Crippen LogP contribution < -0.4 is 5.32 Å². The second-order valence-electron chi connectivity index (χ2n) is 3.59. The zero-order valence-electron chi connectivity index (χ0n) is 11.4. The molecule has 0 aromatic heterocycles. The van der Waals surface area contributed by atoms with Crippen molar-refractivity contribution in [3.63, 3.8) is 0 Å². The molecule has 0 amide bonds. The van der Waals surface area contributed by atoms with Crippen LogP contribution in [0, 0.1) is 0 Å². The highest BCUT2D eigenvalue weighted by Gasteiger charge is 2.37. The molecular weight excluding hydrogens is 274 g/mol. The molecule has 0 heterocycles. The zero-order chi connectivity index (χ0) is 14.7. The summed E-state index contributed by atoms with van der Waals surface area (Å²) in [4.78, 5) is 21.3. The van der Waals surface area contributed by atoms with E-state index in [1.807, 2.05) is 0 Å². The number of carbonyl (C=O) groups excluding carboxylic acids is 1. The number of nitrogens with one attached hydrogen (secondary N) is 1. The number of ether oxygens (including phenoxy) is 1. The van der Waals surface area contributed by atoms with E-state index in [1.54, 1.807) is 0 Å². The van der Waals surface area contributed by atoms with Crippen LogP contribution in [0.5, 0.6) is 0 Å². The summed E-state index contributed by atoms with van der Waals surface area (Å²) in [5, 5.41) is 11.4. The molecule has 0 aliphatic carbocycles. The Balaban J connectivity index is 3.69. The van der Waals surface area contributed by atoms with Crippen molar-refractivity contribution in [2.75, 3.05) is 40.6 Å². The number of rotatable bonds is 11. The minimum absolute atomic E-state index is 0.123. The van der Waals surface area contributed by atoms with Crippen molar-refractivity contribution in [3.05, 3.63) is 0 Å². The number of carboxylic acids is 1. The van der Waals surface area contributed by atoms with Gasteiger partial charge < -0.3 is 28.4 Å². The zero-order valence-corrected chi connectivity index (χ0v) is 12.4. The average molecular weight is 295 g/mol. The molecule has 0 saturated carbocycles. The highest BCUT2D eigenvalue weighted by atomic mass is 28.4. The van der Waals surface area contributed by atoms with Crippen LogP contribution in [0.1, 0.15) is 12.8 Å². The van der Waals surface area contributed by atoms with E-state index in [-0.39, 0.29) is 19.4 Å². The molecule has 0 aliphatic heterocycles. The molecule has 0 fully saturated rings. The van der Waals surface area contributed by atoms with Crippen molar-refractivity contribution in [1.29, 1.82) is 0 Å². The minimum atomic E-state index is -2.65. The standard InChI is InChI=1S/C10H21NO7Si/c1-15-19(16-2,17-3)8-11-6-7-18-10(14)5-4-9(12)13/h11H,4-8H2,1-3H3,(H,12,13). The Morgan fingerprint density at radius 1 is 1.11 bits per heavy atom. The summed E-state index contributed by atoms with van der Waals surface area (Å²) in [7, 11) is 1.87. The van der Waals surface area contributed by atoms with Crippen LogP contribution in [-0.4, -0.2) is 66.5 Å². The van der Waals surface area contributed by atoms with Crippen LogP contribution in [0.25, 0.3) is 0 Å². The van der Waals surface area contributed by atoms with Gasteiger partial charge >= 0.3 is 20.7 Å². The molecule has 2 N–H and O–H groups in total. The lowest BCUT2D eigenvalue weighted by Gasteiger charge is -2.24. The summed E-state index contributed by atoms with van der Waals surface area (Å²) in [5.74, 6) is -1.55. The first-order valence-corrected chi connectivity index (χ1v) is 7.66. The Labute approximate surface area is 113 Å². The first-order chi connectivity index (χ1) is 8.99. The quantitative estimate of drug-likeness (QED) is 0.296. The SMILES string of the molecule is CO[Si](CNCCOC(=O)CCC(=O)O)(OC)OC. The minimum Gasteiger partial charge on any atom is -0.481 e. The number of carboxylic acid groups (broad SMARTS) is 1. The third-order valence-corrected chi connectivity index (χ3v) is 4.91. The second kappa shape index (κ2) is 9.87. The maximum atomic E-state index is 11.1. The molecule has 0 radical (unpaired) electrons. The molecule has 8 nitrogen and oxygen atoms in total. The molecule has 0 aromatic carbocycles. The highest BCUT2D eigenvalue weighted by molar-refractivity contribution is 6.60. The monoisotopic (exact) mass is 295 g/mol. The first-order valence-electron chi connectivity index (χ1n) is 5.73. The van der Waals surface area contributed by atoms with E-state index in [4.69, 9.17) is 23.1 Å². The van der Waals surface area contributed by atoms with Crippen LogP contribution in [-0.2, 0) is 27.6 Å². The van der Waals surface area contributed by atoms with Gasteiger partial charge in [0, 0.05) is 27.9 Å². The van der Waals surface area contributed by atoms with E-state index in [0.717, 1.165) is 0 Å². The fourth-order valence-corrected chi connectivity index (χ4v) is 2.64. The molecule has 0 unspecified atom stereocenters. The van der Waals surface area contributed by atoms with Crippen LogP contribution in [0.3, 0.4) is 0 Å². The van der Waals surface area contributed by atoms with Gasteiger partial charge in [-0.1, -0.05) is 0 Å². The van der Waals surface area contributed by atoms with Gasteiger partial charge in [-0.05, 0) is 0 Å². The van der Waals surface area contributed by atoms with Crippen LogP contribution in [0.15, 0.2) is 0 Å². The van der Waals surface area contributed by atoms with E-state index in [1.165, 1.54) is 21.3 Å². The largest absolute Gasteiger partial charge is 0.514 e. The van der Waals surface area contributed by atoms with Crippen LogP contribution >= 0.6 is 0 Å². The molecule has 0 rings (SSSR count). The van der Waals surface area contributed by atoms with Gasteiger partial charge in [0.1, 0.15) is 6.61 Å². The Morgan fingerprint density at radius 3 is 2.16 bits per heavy atom. The predicted molar refractivity (Wildman–Crippen MR) is 67.5 cm³/mol. The fraction of sp³-hybridized carbons (Fsp3) is 0.800. The van der Waals surface area contributed by atoms with Crippen molar-refractivity contribution in [2.24, 2.45) is 0 Å². The molecular formula is C10H21NO7Si. The molecule has 0 aliphatic rings. The fourth-order valence-electron chi connectivity index (χ4n) is 1.23. The summed E-state index contributed by atoms with van der Waals surface area (Å²) < 4.78 is 20.4. The first kappa shape index (κ1) is 18.0. The third kappa shape index (κ3) is 7.90. The predicted octanol–water partition coefficient (Wildman–Crippen LogP) is -0.599. The van der Waals surface area contributed by atoms with Gasteiger partial charge in [-0.15, -0.1) is 0 Å². The number of esters is 1. The molecule has 112 valence electrons. The lowest BCUT2D eigenvalue weighted by Crippen LogP contribution is -2.52. The van der Waals surface area contributed by atoms with E-state index in [2.05, 4.69) is 5.32 Å². The van der Waals surface area contributed by atoms with Crippen molar-refractivity contribution in [2.45, 2.75) is 12.8 Å². The average Bonchev–Trinajstić information content (AvgIpc) is 2.41. The second-order valence-corrected chi connectivity index (χ2v) is 6.53. The summed E-state index contributed by atoms with van der Waals surface area (Å²) >= 11 is 0. The molecule has 9 heteroatoms. The molecule has 0 saturated heterocycles. The third-order valence-electron chi connectivity index (χ3n) is 2.36. The number of hydrogen-bond acceptors (Lipinski definition) is 7. The van der Waals surface area contributed by atoms with Gasteiger partial charge in [0.2, 0.25) is 0 Å². The summed E-state index contributed by atoms with van der Waals surface area (Å²) in [6.45, 7) is 0.559. The van der Waals surface area contributed by atoms with Gasteiger partial charge in [0.15, 0.2) is 0 Å². The molecule has 0 spiro atoms. The maximum Gasteiger partial charge on any atom is 0.514 e. The normalized spacial score (nSPS) is 11.3. The van der Waals surface area contributed by atoms with Crippen molar-refractivity contribution in [3.8, 4) is 0 Å². The number of hydrogen-bond donors (Lipinski definition) is 2. The Bertz CT molecular complexity index is 275. The van der Waals surface area contributed by atoms with Crippen molar-refractivity contribution in [1.82, 2.24) is 5.32 Å². The highest BCUT2D eigenvalue weighted by Crippen LogP contribution is 2.03. The Kier molecular flexibility index (Phi) is 9.34. The molecule has 0 bridgehead atoms. The van der Waals surface area contributed by atoms with E-state index >= 15 is 0 Å². The Hall–Kier alpha value is -1.00. The van der Waals surface area contributed by atoms with E-state index in [9.17, 15) is 9.59 Å². The van der Waals surface area contributed by atoms with Gasteiger partial charge in [-0.2, -0.15) is 0 Å².